The van der Waals surface area contributed by atoms with Crippen molar-refractivity contribution in [3.8, 4) is 0 Å². The number of hydrazine groups is 1. The molecule has 0 aromatic heterocycles. The van der Waals surface area contributed by atoms with Crippen LogP contribution in [0.4, 0.5) is 8.78 Å². The van der Waals surface area contributed by atoms with Gasteiger partial charge in [0.1, 0.15) is 11.6 Å². The monoisotopic (exact) mass is 267 g/mol. The second-order valence-corrected chi connectivity index (χ2v) is 4.82. The largest absolute Gasteiger partial charge is 0.375 e. The highest BCUT2D eigenvalue weighted by Crippen LogP contribution is 2.12. The first-order valence-corrected chi connectivity index (χ1v) is 5.74. The van der Waals surface area contributed by atoms with Crippen LogP contribution >= 0.6 is 12.2 Å². The molecule has 9 heteroatoms. The third kappa shape index (κ3) is 3.36. The van der Waals surface area contributed by atoms with E-state index in [-0.39, 0.29) is 5.11 Å². The summed E-state index contributed by atoms with van der Waals surface area (Å²) in [6.45, 7) is 0. The van der Waals surface area contributed by atoms with Crippen LogP contribution < -0.4 is 16.0 Å². The normalized spacial score (nSPS) is 11.1. The average molecular weight is 267 g/mol. The molecule has 0 heterocycles. The van der Waals surface area contributed by atoms with E-state index in [0.717, 1.165) is 0 Å². The van der Waals surface area contributed by atoms with E-state index < -0.39 is 26.6 Å². The summed E-state index contributed by atoms with van der Waals surface area (Å²) in [5.74, 6) is -2.01. The molecular weight excluding hydrogens is 260 g/mol. The number of nitrogens with two attached hydrogens (primary N) is 1. The van der Waals surface area contributed by atoms with E-state index in [9.17, 15) is 17.2 Å². The van der Waals surface area contributed by atoms with Gasteiger partial charge in [-0.25, -0.2) is 17.2 Å². The minimum Gasteiger partial charge on any atom is -0.375 e. The molecule has 1 aromatic carbocycles. The van der Waals surface area contributed by atoms with Crippen molar-refractivity contribution >= 4 is 27.4 Å². The zero-order valence-corrected chi connectivity index (χ0v) is 9.33. The maximum absolute atomic E-state index is 12.8. The van der Waals surface area contributed by atoms with Crippen molar-refractivity contribution in [2.45, 2.75) is 4.90 Å². The molecule has 0 radical (unpaired) electrons. The van der Waals surface area contributed by atoms with E-state index in [2.05, 4.69) is 12.2 Å². The van der Waals surface area contributed by atoms with E-state index in [0.29, 0.717) is 18.2 Å². The summed E-state index contributed by atoms with van der Waals surface area (Å²) in [4.78, 5) is 1.18. The number of sulfonamides is 1. The van der Waals surface area contributed by atoms with Crippen molar-refractivity contribution in [2.75, 3.05) is 0 Å². The molecule has 5 nitrogen and oxygen atoms in total. The summed E-state index contributed by atoms with van der Waals surface area (Å²) in [5, 5.41) is -0.319. The Morgan fingerprint density at radius 2 is 1.75 bits per heavy atom. The van der Waals surface area contributed by atoms with Crippen LogP contribution in [-0.4, -0.2) is 13.5 Å². The summed E-state index contributed by atoms with van der Waals surface area (Å²) < 4.78 is 48.3. The van der Waals surface area contributed by atoms with Gasteiger partial charge < -0.3 is 5.73 Å². The van der Waals surface area contributed by atoms with Crippen molar-refractivity contribution in [1.82, 2.24) is 10.3 Å². The Morgan fingerprint density at radius 3 is 2.19 bits per heavy atom. The van der Waals surface area contributed by atoms with Crippen molar-refractivity contribution < 1.29 is 17.2 Å². The molecule has 0 aliphatic carbocycles. The molecule has 0 saturated carbocycles. The molecule has 0 spiro atoms. The molecule has 0 saturated heterocycles. The number of benzene rings is 1. The molecule has 0 atom stereocenters. The van der Waals surface area contributed by atoms with Crippen molar-refractivity contribution in [1.29, 1.82) is 0 Å². The Morgan fingerprint density at radius 1 is 1.25 bits per heavy atom. The van der Waals surface area contributed by atoms with Gasteiger partial charge in [-0.05, 0) is 24.4 Å². The van der Waals surface area contributed by atoms with Gasteiger partial charge in [0.2, 0.25) is 0 Å². The highest BCUT2D eigenvalue weighted by molar-refractivity contribution is 7.89. The fourth-order valence-corrected chi connectivity index (χ4v) is 1.87. The zero-order valence-electron chi connectivity index (χ0n) is 7.70. The number of rotatable bonds is 3. The lowest BCUT2D eigenvalue weighted by Gasteiger charge is -2.07. The minimum atomic E-state index is -4.11. The SMILES string of the molecule is NC(=S)NNS(=O)(=O)c1cc(F)cc(F)c1. The average Bonchev–Trinajstić information content (AvgIpc) is 2.13. The zero-order chi connectivity index (χ0) is 12.3. The van der Waals surface area contributed by atoms with Gasteiger partial charge in [-0.2, -0.15) is 0 Å². The predicted molar refractivity (Wildman–Crippen MR) is 56.6 cm³/mol. The van der Waals surface area contributed by atoms with Gasteiger partial charge >= 0.3 is 0 Å². The summed E-state index contributed by atoms with van der Waals surface area (Å²) >= 11 is 4.36. The number of halogens is 2. The Balaban J connectivity index is 3.02. The van der Waals surface area contributed by atoms with E-state index in [1.54, 1.807) is 4.83 Å². The molecule has 0 bridgehead atoms. The molecule has 88 valence electrons. The summed E-state index contributed by atoms with van der Waals surface area (Å²) in [7, 11) is -4.11. The van der Waals surface area contributed by atoms with Crippen LogP contribution in [0.25, 0.3) is 0 Å². The van der Waals surface area contributed by atoms with Gasteiger partial charge in [0.15, 0.2) is 5.11 Å². The molecule has 4 N–H and O–H groups in total. The van der Waals surface area contributed by atoms with Crippen LogP contribution in [0, 0.1) is 11.6 Å². The topological polar surface area (TPSA) is 84.2 Å². The van der Waals surface area contributed by atoms with E-state index >= 15 is 0 Å². The van der Waals surface area contributed by atoms with Crippen LogP contribution in [0.15, 0.2) is 23.1 Å². The van der Waals surface area contributed by atoms with Gasteiger partial charge in [-0.15, -0.1) is 4.83 Å². The summed E-state index contributed by atoms with van der Waals surface area (Å²) in [6.07, 6.45) is 0. The van der Waals surface area contributed by atoms with Crippen molar-refractivity contribution in [2.24, 2.45) is 5.73 Å². The van der Waals surface area contributed by atoms with Crippen LogP contribution in [0.5, 0.6) is 0 Å². The maximum atomic E-state index is 12.8. The minimum absolute atomic E-state index is 0.319. The van der Waals surface area contributed by atoms with Gasteiger partial charge in [-0.1, -0.05) is 0 Å². The molecule has 0 aliphatic heterocycles. The molecule has 0 unspecified atom stereocenters. The molecular formula is C7H7F2N3O2S2. The number of thiocarbonyl (C=S) groups is 1. The second kappa shape index (κ2) is 4.68. The number of hydrogen-bond donors (Lipinski definition) is 3. The lowest BCUT2D eigenvalue weighted by Crippen LogP contribution is -2.44. The lowest BCUT2D eigenvalue weighted by atomic mass is 10.3. The fraction of sp³-hybridized carbons (Fsp3) is 0. The maximum Gasteiger partial charge on any atom is 0.257 e. The van der Waals surface area contributed by atoms with Gasteiger partial charge in [-0.3, -0.25) is 5.43 Å². The Hall–Kier alpha value is -1.32. The highest BCUT2D eigenvalue weighted by atomic mass is 32.2. The third-order valence-electron chi connectivity index (χ3n) is 1.45. The Kier molecular flexibility index (Phi) is 3.73. The quantitative estimate of drug-likeness (QED) is 0.530. The lowest BCUT2D eigenvalue weighted by molar-refractivity contribution is 0.559. The van der Waals surface area contributed by atoms with Crippen molar-refractivity contribution in [3.63, 3.8) is 0 Å². The highest BCUT2D eigenvalue weighted by Gasteiger charge is 2.16. The first kappa shape index (κ1) is 12.7. The van der Waals surface area contributed by atoms with Crippen LogP contribution in [0.1, 0.15) is 0 Å². The molecule has 1 aromatic rings. The molecule has 16 heavy (non-hydrogen) atoms. The Labute approximate surface area is 95.7 Å². The molecule has 0 amide bonds. The van der Waals surface area contributed by atoms with E-state index in [4.69, 9.17) is 5.73 Å². The molecule has 0 fully saturated rings. The summed E-state index contributed by atoms with van der Waals surface area (Å²) in [5.41, 5.74) is 6.93. The summed E-state index contributed by atoms with van der Waals surface area (Å²) in [6, 6.07) is 1.87. The van der Waals surface area contributed by atoms with Crippen molar-refractivity contribution in [3.05, 3.63) is 29.8 Å². The van der Waals surface area contributed by atoms with Gasteiger partial charge in [0.05, 0.1) is 4.90 Å². The van der Waals surface area contributed by atoms with Gasteiger partial charge in [0, 0.05) is 6.07 Å². The first-order valence-electron chi connectivity index (χ1n) is 3.84. The Bertz CT molecular complexity index is 498. The molecule has 0 aliphatic rings. The van der Waals surface area contributed by atoms with Crippen LogP contribution in [-0.2, 0) is 10.0 Å². The predicted octanol–water partition coefficient (Wildman–Crippen LogP) is -0.00870. The number of hydrogen-bond acceptors (Lipinski definition) is 3. The smallest absolute Gasteiger partial charge is 0.257 e. The third-order valence-corrected chi connectivity index (χ3v) is 2.78. The standard InChI is InChI=1S/C7H7F2N3O2S2/c8-4-1-5(9)3-6(2-4)16(13,14)12-11-7(10)15/h1-3,12H,(H3,10,11,15). The van der Waals surface area contributed by atoms with E-state index in [1.807, 2.05) is 5.43 Å². The first-order chi connectivity index (χ1) is 7.31. The van der Waals surface area contributed by atoms with Gasteiger partial charge in [0.25, 0.3) is 10.0 Å². The number of nitrogens with one attached hydrogen (secondary N) is 2. The molecule has 1 rings (SSSR count). The van der Waals surface area contributed by atoms with E-state index in [1.165, 1.54) is 0 Å². The second-order valence-electron chi connectivity index (χ2n) is 2.70. The van der Waals surface area contributed by atoms with Crippen LogP contribution in [0.3, 0.4) is 0 Å². The fourth-order valence-electron chi connectivity index (χ4n) is 0.860. The van der Waals surface area contributed by atoms with Crippen LogP contribution in [0.2, 0.25) is 0 Å².